The molecule has 0 spiro atoms. The molecule has 0 fully saturated rings. The zero-order chi connectivity index (χ0) is 14.0. The maximum atomic E-state index is 12.4. The molecule has 1 unspecified atom stereocenters. The van der Waals surface area contributed by atoms with Crippen molar-refractivity contribution >= 4 is 16.9 Å². The molecule has 0 saturated carbocycles. The van der Waals surface area contributed by atoms with Crippen molar-refractivity contribution in [2.24, 2.45) is 0 Å². The lowest BCUT2D eigenvalue weighted by Gasteiger charge is -2.14. The summed E-state index contributed by atoms with van der Waals surface area (Å²) in [5, 5.41) is 9.84. The smallest absolute Gasteiger partial charge is 0.303 e. The Morgan fingerprint density at radius 3 is 2.68 bits per heavy atom. The number of rotatable bonds is 4. The van der Waals surface area contributed by atoms with Gasteiger partial charge in [-0.05, 0) is 30.4 Å². The van der Waals surface area contributed by atoms with Crippen molar-refractivity contribution in [3.8, 4) is 0 Å². The highest BCUT2D eigenvalue weighted by Gasteiger charge is 2.16. The van der Waals surface area contributed by atoms with Crippen LogP contribution in [0.5, 0.6) is 0 Å². The van der Waals surface area contributed by atoms with Gasteiger partial charge in [-0.1, -0.05) is 25.1 Å². The first-order chi connectivity index (χ1) is 9.04. The predicted molar refractivity (Wildman–Crippen MR) is 74.5 cm³/mol. The second-order valence-electron chi connectivity index (χ2n) is 4.71. The van der Waals surface area contributed by atoms with Crippen LogP contribution >= 0.6 is 0 Å². The van der Waals surface area contributed by atoms with E-state index in [1.165, 1.54) is 0 Å². The highest BCUT2D eigenvalue weighted by molar-refractivity contribution is 5.80. The number of aliphatic carboxylic acids is 1. The Kier molecular flexibility index (Phi) is 3.69. The average Bonchev–Trinajstić information content (AvgIpc) is 2.37. The molecular weight excluding hydrogens is 242 g/mol. The zero-order valence-corrected chi connectivity index (χ0v) is 11.1. The number of hydrogen-bond donors (Lipinski definition) is 1. The lowest BCUT2D eigenvalue weighted by Crippen LogP contribution is -2.25. The molecule has 4 nitrogen and oxygen atoms in total. The van der Waals surface area contributed by atoms with Crippen LogP contribution in [-0.2, 0) is 11.3 Å². The number of fused-ring (bicyclic) bond motifs is 1. The highest BCUT2D eigenvalue weighted by atomic mass is 16.4. The molecule has 0 aliphatic heterocycles. The third kappa shape index (κ3) is 2.52. The maximum absolute atomic E-state index is 12.4. The number of para-hydroxylation sites is 1. The van der Waals surface area contributed by atoms with Crippen LogP contribution < -0.4 is 5.56 Å². The van der Waals surface area contributed by atoms with Gasteiger partial charge in [-0.2, -0.15) is 0 Å². The average molecular weight is 259 g/mol. The first-order valence-electron chi connectivity index (χ1n) is 6.38. The molecule has 0 saturated heterocycles. The van der Waals surface area contributed by atoms with Crippen molar-refractivity contribution in [3.63, 3.8) is 0 Å². The second kappa shape index (κ2) is 5.26. The molecule has 100 valence electrons. The third-order valence-corrected chi connectivity index (χ3v) is 3.36. The van der Waals surface area contributed by atoms with E-state index in [-0.39, 0.29) is 17.9 Å². The molecule has 0 bridgehead atoms. The fourth-order valence-electron chi connectivity index (χ4n) is 2.39. The molecule has 1 aromatic carbocycles. The summed E-state index contributed by atoms with van der Waals surface area (Å²) in [5.41, 5.74) is 1.37. The monoisotopic (exact) mass is 259 g/mol. The molecule has 0 aliphatic rings. The van der Waals surface area contributed by atoms with E-state index < -0.39 is 5.97 Å². The Labute approximate surface area is 111 Å². The van der Waals surface area contributed by atoms with Gasteiger partial charge in [-0.3, -0.25) is 9.59 Å². The molecule has 0 aliphatic carbocycles. The van der Waals surface area contributed by atoms with E-state index in [1.807, 2.05) is 37.3 Å². The van der Waals surface area contributed by atoms with Crippen molar-refractivity contribution in [1.82, 2.24) is 4.57 Å². The van der Waals surface area contributed by atoms with E-state index >= 15 is 0 Å². The predicted octanol–water partition coefficient (Wildman–Crippen LogP) is 2.60. The maximum Gasteiger partial charge on any atom is 0.303 e. The summed E-state index contributed by atoms with van der Waals surface area (Å²) < 4.78 is 1.70. The van der Waals surface area contributed by atoms with Crippen molar-refractivity contribution < 1.29 is 9.90 Å². The van der Waals surface area contributed by atoms with Gasteiger partial charge in [0.2, 0.25) is 0 Å². The van der Waals surface area contributed by atoms with Crippen molar-refractivity contribution in [3.05, 3.63) is 46.2 Å². The Balaban J connectivity index is 2.66. The molecule has 1 N–H and O–H groups in total. The number of pyridine rings is 1. The van der Waals surface area contributed by atoms with Crippen LogP contribution in [0.2, 0.25) is 0 Å². The minimum atomic E-state index is -0.886. The van der Waals surface area contributed by atoms with Gasteiger partial charge in [-0.25, -0.2) is 0 Å². The van der Waals surface area contributed by atoms with Crippen LogP contribution in [-0.4, -0.2) is 15.6 Å². The van der Waals surface area contributed by atoms with Crippen molar-refractivity contribution in [2.75, 3.05) is 0 Å². The summed E-state index contributed by atoms with van der Waals surface area (Å²) in [6.07, 6.45) is -0.0305. The minimum Gasteiger partial charge on any atom is -0.481 e. The summed E-state index contributed by atoms with van der Waals surface area (Å²) in [5.74, 6) is -1.17. The standard InChI is InChI=1S/C15H17NO3/c1-3-16-13-7-5-4-6-11(13)9-12(15(16)19)10(2)8-14(17)18/h4-7,9-10H,3,8H2,1-2H3,(H,17,18). The SMILES string of the molecule is CCn1c(=O)c(C(C)CC(=O)O)cc2ccccc21. The molecule has 1 heterocycles. The number of benzene rings is 1. The topological polar surface area (TPSA) is 59.3 Å². The third-order valence-electron chi connectivity index (χ3n) is 3.36. The largest absolute Gasteiger partial charge is 0.481 e. The van der Waals surface area contributed by atoms with Gasteiger partial charge in [0.05, 0.1) is 11.9 Å². The number of aryl methyl sites for hydroxylation is 1. The molecule has 2 aromatic rings. The second-order valence-corrected chi connectivity index (χ2v) is 4.71. The Morgan fingerprint density at radius 2 is 2.05 bits per heavy atom. The van der Waals surface area contributed by atoms with E-state index in [0.717, 1.165) is 10.9 Å². The van der Waals surface area contributed by atoms with E-state index in [0.29, 0.717) is 12.1 Å². The number of carbonyl (C=O) groups is 1. The van der Waals surface area contributed by atoms with Gasteiger partial charge < -0.3 is 9.67 Å². The van der Waals surface area contributed by atoms with Crippen LogP contribution in [0.25, 0.3) is 10.9 Å². The molecule has 2 rings (SSSR count). The summed E-state index contributed by atoms with van der Waals surface area (Å²) in [4.78, 5) is 23.2. The van der Waals surface area contributed by atoms with Gasteiger partial charge in [-0.15, -0.1) is 0 Å². The number of aromatic nitrogens is 1. The van der Waals surface area contributed by atoms with Crippen LogP contribution in [0.15, 0.2) is 35.1 Å². The first-order valence-corrected chi connectivity index (χ1v) is 6.38. The Hall–Kier alpha value is -2.10. The fraction of sp³-hybridized carbons (Fsp3) is 0.333. The minimum absolute atomic E-state index is 0.0305. The van der Waals surface area contributed by atoms with E-state index in [2.05, 4.69) is 0 Å². The van der Waals surface area contributed by atoms with Crippen LogP contribution in [0.1, 0.15) is 31.7 Å². The highest BCUT2D eigenvalue weighted by Crippen LogP contribution is 2.20. The van der Waals surface area contributed by atoms with Crippen molar-refractivity contribution in [1.29, 1.82) is 0 Å². The van der Waals surface area contributed by atoms with Gasteiger partial charge in [0, 0.05) is 12.1 Å². The van der Waals surface area contributed by atoms with Crippen molar-refractivity contribution in [2.45, 2.75) is 32.7 Å². The fourth-order valence-corrected chi connectivity index (χ4v) is 2.39. The molecule has 0 radical (unpaired) electrons. The summed E-state index contributed by atoms with van der Waals surface area (Å²) in [6.45, 7) is 4.27. The molecule has 4 heteroatoms. The first kappa shape index (κ1) is 13.3. The Bertz CT molecular complexity index is 673. The van der Waals surface area contributed by atoms with Gasteiger partial charge in [0.15, 0.2) is 0 Å². The number of nitrogens with zero attached hydrogens (tertiary/aromatic N) is 1. The van der Waals surface area contributed by atoms with Crippen LogP contribution in [0.3, 0.4) is 0 Å². The van der Waals surface area contributed by atoms with Gasteiger partial charge in [0.25, 0.3) is 5.56 Å². The molecular formula is C15H17NO3. The molecule has 1 aromatic heterocycles. The summed E-state index contributed by atoms with van der Waals surface area (Å²) >= 11 is 0. The molecule has 19 heavy (non-hydrogen) atoms. The van der Waals surface area contributed by atoms with E-state index in [1.54, 1.807) is 11.5 Å². The lowest BCUT2D eigenvalue weighted by molar-refractivity contribution is -0.137. The summed E-state index contributed by atoms with van der Waals surface area (Å²) in [6, 6.07) is 9.48. The number of carboxylic acid groups (broad SMARTS) is 1. The zero-order valence-electron chi connectivity index (χ0n) is 11.1. The van der Waals surface area contributed by atoms with Gasteiger partial charge >= 0.3 is 5.97 Å². The van der Waals surface area contributed by atoms with E-state index in [9.17, 15) is 9.59 Å². The Morgan fingerprint density at radius 1 is 1.37 bits per heavy atom. The quantitative estimate of drug-likeness (QED) is 0.918. The van der Waals surface area contributed by atoms with Crippen LogP contribution in [0, 0.1) is 0 Å². The van der Waals surface area contributed by atoms with Crippen LogP contribution in [0.4, 0.5) is 0 Å². The van der Waals surface area contributed by atoms with Gasteiger partial charge in [0.1, 0.15) is 0 Å². The van der Waals surface area contributed by atoms with E-state index in [4.69, 9.17) is 5.11 Å². The normalized spacial score (nSPS) is 12.5. The summed E-state index contributed by atoms with van der Waals surface area (Å²) in [7, 11) is 0. The number of hydrogen-bond acceptors (Lipinski definition) is 2. The molecule has 0 amide bonds. The number of carboxylic acids is 1. The molecule has 1 atom stereocenters. The lowest BCUT2D eigenvalue weighted by atomic mass is 9.97.